The van der Waals surface area contributed by atoms with Crippen molar-refractivity contribution in [2.75, 3.05) is 17.7 Å². The number of nitrogens with one attached hydrogen (secondary N) is 1. The number of amides is 2. The molecule has 2 amide bonds. The summed E-state index contributed by atoms with van der Waals surface area (Å²) in [6.45, 7) is 2.93. The number of ether oxygens (including phenoxy) is 1. The summed E-state index contributed by atoms with van der Waals surface area (Å²) >= 11 is 4.18. The topological polar surface area (TPSA) is 152 Å². The molecule has 0 bridgehead atoms. The number of carboxylic acid groups (broad SMARTS) is 1. The number of hydrogen-bond donors (Lipinski definition) is 2. The molecule has 0 saturated carbocycles. The van der Waals surface area contributed by atoms with Gasteiger partial charge < -0.3 is 20.0 Å². The number of hydrogen-bond acceptors (Lipinski definition) is 9. The van der Waals surface area contributed by atoms with Crippen molar-refractivity contribution in [3.63, 3.8) is 0 Å². The highest BCUT2D eigenvalue weighted by Crippen LogP contribution is 2.40. The Kier molecular flexibility index (Phi) is 8.82. The standard InChI is InChI=1S/C22H20BrN3O8S/c1-2-13-11-35-21-17(20(30)26(21)18(13)22(31)32)24-19(29)16(14(27)8-23)25-34-10-15(28)33-9-12-6-4-3-5-7-12/h2-7,17,21H,1,8-11H2,(H,24,29)(H,31,32)/t17?,21-/m0/s1. The molecule has 0 radical (unpaired) electrons. The molecule has 0 spiro atoms. The van der Waals surface area contributed by atoms with Gasteiger partial charge in [0.15, 0.2) is 0 Å². The number of esters is 1. The van der Waals surface area contributed by atoms with E-state index in [2.05, 4.69) is 33.0 Å². The van der Waals surface area contributed by atoms with Crippen LogP contribution in [0.1, 0.15) is 5.56 Å². The highest BCUT2D eigenvalue weighted by Gasteiger charge is 2.54. The number of β-lactam (4-membered cyclic amide) rings is 1. The van der Waals surface area contributed by atoms with Crippen LogP contribution in [0.2, 0.25) is 0 Å². The summed E-state index contributed by atoms with van der Waals surface area (Å²) in [6.07, 6.45) is 1.37. The van der Waals surface area contributed by atoms with E-state index in [1.807, 2.05) is 6.07 Å². The van der Waals surface area contributed by atoms with E-state index in [-0.39, 0.29) is 23.4 Å². The molecule has 1 saturated heterocycles. The number of nitrogens with zero attached hydrogens (tertiary/aromatic N) is 2. The summed E-state index contributed by atoms with van der Waals surface area (Å²) in [5.74, 6) is -4.17. The molecule has 35 heavy (non-hydrogen) atoms. The lowest BCUT2D eigenvalue weighted by Crippen LogP contribution is -2.71. The lowest BCUT2D eigenvalue weighted by molar-refractivity contribution is -0.150. The number of aliphatic carboxylic acids is 1. The first-order chi connectivity index (χ1) is 16.8. The minimum atomic E-state index is -1.28. The minimum Gasteiger partial charge on any atom is -0.477 e. The van der Waals surface area contributed by atoms with Crippen molar-refractivity contribution in [1.82, 2.24) is 10.2 Å². The van der Waals surface area contributed by atoms with Gasteiger partial charge in [-0.1, -0.05) is 64.1 Å². The molecule has 1 aromatic rings. The second-order valence-electron chi connectivity index (χ2n) is 7.16. The molecule has 0 aromatic heterocycles. The highest BCUT2D eigenvalue weighted by atomic mass is 79.9. The smallest absolute Gasteiger partial charge is 0.352 e. The molecule has 0 aliphatic carbocycles. The van der Waals surface area contributed by atoms with Gasteiger partial charge in [0.2, 0.25) is 18.1 Å². The van der Waals surface area contributed by atoms with Crippen molar-refractivity contribution in [2.45, 2.75) is 18.0 Å². The van der Waals surface area contributed by atoms with Crippen molar-refractivity contribution >= 4 is 62.9 Å². The molecule has 13 heteroatoms. The van der Waals surface area contributed by atoms with Crippen LogP contribution in [0.25, 0.3) is 0 Å². The molecule has 2 N–H and O–H groups in total. The summed E-state index contributed by atoms with van der Waals surface area (Å²) in [5.41, 5.74) is 0.300. The quantitative estimate of drug-likeness (QED) is 0.0998. The van der Waals surface area contributed by atoms with Crippen LogP contribution >= 0.6 is 27.7 Å². The van der Waals surface area contributed by atoms with Crippen molar-refractivity contribution in [3.05, 3.63) is 59.8 Å². The fourth-order valence-corrected chi connectivity index (χ4v) is 4.83. The average Bonchev–Trinajstić information content (AvgIpc) is 2.87. The van der Waals surface area contributed by atoms with Gasteiger partial charge in [0, 0.05) is 5.75 Å². The zero-order chi connectivity index (χ0) is 25.5. The molecule has 2 atom stereocenters. The Morgan fingerprint density at radius 1 is 1.29 bits per heavy atom. The van der Waals surface area contributed by atoms with E-state index in [1.165, 1.54) is 17.8 Å². The van der Waals surface area contributed by atoms with Gasteiger partial charge in [-0.05, 0) is 11.1 Å². The minimum absolute atomic E-state index is 0.0140. The van der Waals surface area contributed by atoms with Gasteiger partial charge >= 0.3 is 11.9 Å². The summed E-state index contributed by atoms with van der Waals surface area (Å²) in [7, 11) is 0. The normalized spacial score (nSPS) is 19.3. The van der Waals surface area contributed by atoms with Crippen LogP contribution in [0.3, 0.4) is 0 Å². The third-order valence-corrected chi connectivity index (χ3v) is 6.73. The monoisotopic (exact) mass is 565 g/mol. The molecule has 1 aromatic carbocycles. The fourth-order valence-electron chi connectivity index (χ4n) is 3.22. The van der Waals surface area contributed by atoms with E-state index in [4.69, 9.17) is 9.57 Å². The Bertz CT molecular complexity index is 1120. The maximum atomic E-state index is 12.7. The van der Waals surface area contributed by atoms with Crippen LogP contribution in [0.4, 0.5) is 0 Å². The van der Waals surface area contributed by atoms with E-state index >= 15 is 0 Å². The van der Waals surface area contributed by atoms with Crippen molar-refractivity contribution in [3.8, 4) is 0 Å². The third kappa shape index (κ3) is 5.98. The SMILES string of the molecule is C=CC1=C(C(=O)O)N2C(=O)C(NC(=O)C(=NOCC(=O)OCc3ccccc3)C(=O)CBr)[C@@H]2SC1. The number of allylic oxidation sites excluding steroid dienone is 1. The Morgan fingerprint density at radius 3 is 2.63 bits per heavy atom. The lowest BCUT2D eigenvalue weighted by atomic mass is 10.0. The third-order valence-electron chi connectivity index (χ3n) is 4.91. The first-order valence-electron chi connectivity index (χ1n) is 10.1. The molecule has 3 rings (SSSR count). The summed E-state index contributed by atoms with van der Waals surface area (Å²) < 4.78 is 5.03. The number of benzene rings is 1. The number of alkyl halides is 1. The number of carboxylic acids is 1. The van der Waals surface area contributed by atoms with E-state index in [0.29, 0.717) is 5.57 Å². The van der Waals surface area contributed by atoms with E-state index in [1.54, 1.807) is 24.3 Å². The van der Waals surface area contributed by atoms with Crippen LogP contribution in [0.5, 0.6) is 0 Å². The van der Waals surface area contributed by atoms with Gasteiger partial charge in [0.1, 0.15) is 23.7 Å². The summed E-state index contributed by atoms with van der Waals surface area (Å²) in [4.78, 5) is 66.8. The molecule has 1 fully saturated rings. The molecule has 1 unspecified atom stereocenters. The molecule has 2 aliphatic heterocycles. The van der Waals surface area contributed by atoms with E-state index in [9.17, 15) is 29.1 Å². The Hall–Kier alpha value is -3.45. The Labute approximate surface area is 212 Å². The van der Waals surface area contributed by atoms with Gasteiger partial charge in [-0.25, -0.2) is 9.59 Å². The second-order valence-corrected chi connectivity index (χ2v) is 8.83. The number of carbonyl (C=O) groups is 5. The summed E-state index contributed by atoms with van der Waals surface area (Å²) in [6, 6.07) is 7.86. The van der Waals surface area contributed by atoms with E-state index < -0.39 is 53.3 Å². The first kappa shape index (κ1) is 26.2. The van der Waals surface area contributed by atoms with Crippen LogP contribution in [0.15, 0.2) is 59.4 Å². The largest absolute Gasteiger partial charge is 0.477 e. The number of ketones is 1. The van der Waals surface area contributed by atoms with Gasteiger partial charge in [-0.15, -0.1) is 11.8 Å². The van der Waals surface area contributed by atoms with Crippen LogP contribution < -0.4 is 5.32 Å². The zero-order valence-corrected chi connectivity index (χ0v) is 20.5. The number of halogens is 1. The van der Waals surface area contributed by atoms with Gasteiger partial charge in [-0.3, -0.25) is 19.3 Å². The van der Waals surface area contributed by atoms with Crippen molar-refractivity contribution < 1.29 is 38.7 Å². The van der Waals surface area contributed by atoms with E-state index in [0.717, 1.165) is 10.5 Å². The van der Waals surface area contributed by atoms with Crippen LogP contribution in [0, 0.1) is 0 Å². The average molecular weight is 566 g/mol. The molecule has 11 nitrogen and oxygen atoms in total. The molecule has 2 heterocycles. The van der Waals surface area contributed by atoms with Crippen LogP contribution in [-0.2, 0) is 40.2 Å². The Morgan fingerprint density at radius 2 is 2.00 bits per heavy atom. The highest BCUT2D eigenvalue weighted by molar-refractivity contribution is 9.09. The number of fused-ring (bicyclic) bond motifs is 1. The number of Topliss-reactive ketones (excluding diaryl/α,β-unsaturated/α-hetero) is 1. The summed E-state index contributed by atoms with van der Waals surface area (Å²) in [5, 5.41) is 14.4. The molecular weight excluding hydrogens is 546 g/mol. The van der Waals surface area contributed by atoms with Gasteiger partial charge in [0.25, 0.3) is 11.8 Å². The van der Waals surface area contributed by atoms with Gasteiger partial charge in [-0.2, -0.15) is 0 Å². The van der Waals surface area contributed by atoms with Crippen LogP contribution in [-0.4, -0.2) is 74.4 Å². The number of carbonyl (C=O) groups excluding carboxylic acids is 4. The number of rotatable bonds is 11. The molecular formula is C22H20BrN3O8S. The van der Waals surface area contributed by atoms with Gasteiger partial charge in [0.05, 0.1) is 5.33 Å². The molecule has 184 valence electrons. The van der Waals surface area contributed by atoms with Crippen molar-refractivity contribution in [1.29, 1.82) is 0 Å². The second kappa shape index (κ2) is 11.8. The predicted octanol–water partition coefficient (Wildman–Crippen LogP) is 0.991. The maximum Gasteiger partial charge on any atom is 0.352 e. The maximum absolute atomic E-state index is 12.7. The Balaban J connectivity index is 1.61. The fraction of sp³-hybridized carbons (Fsp3) is 0.273. The number of oxime groups is 1. The first-order valence-corrected chi connectivity index (χ1v) is 12.3. The van der Waals surface area contributed by atoms with Crippen molar-refractivity contribution in [2.24, 2.45) is 5.16 Å². The number of thioether (sulfide) groups is 1. The molecule has 2 aliphatic rings. The lowest BCUT2D eigenvalue weighted by Gasteiger charge is -2.49. The predicted molar refractivity (Wildman–Crippen MR) is 128 cm³/mol. The zero-order valence-electron chi connectivity index (χ0n) is 18.1.